The van der Waals surface area contributed by atoms with Crippen LogP contribution in [0.1, 0.15) is 30.5 Å². The predicted molar refractivity (Wildman–Crippen MR) is 123 cm³/mol. The average Bonchev–Trinajstić information content (AvgIpc) is 3.14. The summed E-state index contributed by atoms with van der Waals surface area (Å²) in [5.41, 5.74) is 2.04. The topological polar surface area (TPSA) is 124 Å². The Kier molecular flexibility index (Phi) is 10.8. The third-order valence-corrected chi connectivity index (χ3v) is 5.98. The van der Waals surface area contributed by atoms with Gasteiger partial charge in [-0.25, -0.2) is 9.59 Å². The first-order chi connectivity index (χ1) is 18.1. The van der Waals surface area contributed by atoms with Crippen molar-refractivity contribution < 1.29 is 50.9 Å². The highest BCUT2D eigenvalue weighted by Gasteiger charge is 2.48. The van der Waals surface area contributed by atoms with E-state index in [9.17, 15) is 31.1 Å². The average molecular weight is 564 g/mol. The third-order valence-electron chi connectivity index (χ3n) is 5.98. The summed E-state index contributed by atoms with van der Waals surface area (Å²) in [4.78, 5) is 43.9. The molecule has 2 N–H and O–H groups in total. The zero-order valence-electron chi connectivity index (χ0n) is 20.5. The van der Waals surface area contributed by atoms with E-state index >= 15 is 0 Å². The number of piperidine rings is 1. The Morgan fingerprint density at radius 2 is 1.46 bits per heavy atom. The van der Waals surface area contributed by atoms with Gasteiger partial charge in [0.1, 0.15) is 0 Å². The molecule has 4 rings (SSSR count). The number of hydrogen-bond acceptors (Lipinski definition) is 6. The summed E-state index contributed by atoms with van der Waals surface area (Å²) in [7, 11) is 0. The van der Waals surface area contributed by atoms with Gasteiger partial charge in [-0.2, -0.15) is 26.3 Å². The van der Waals surface area contributed by atoms with Crippen LogP contribution in [0.25, 0.3) is 0 Å². The van der Waals surface area contributed by atoms with E-state index in [1.54, 1.807) is 12.4 Å². The van der Waals surface area contributed by atoms with Gasteiger partial charge in [0.25, 0.3) is 0 Å². The highest BCUT2D eigenvalue weighted by atomic mass is 19.4. The SMILES string of the molecule is O=C(O)C(F)(F)F.O=C(O)C(F)(F)F.O=C1N(Cc2ccncc2)CCC12CCCN(Cc1ccccn1)C2. The van der Waals surface area contributed by atoms with Crippen molar-refractivity contribution in [2.45, 2.75) is 44.7 Å². The molecule has 1 unspecified atom stereocenters. The Morgan fingerprint density at radius 3 is 1.97 bits per heavy atom. The molecule has 1 amide bonds. The highest BCUT2D eigenvalue weighted by Crippen LogP contribution is 2.41. The molecule has 2 aromatic heterocycles. The van der Waals surface area contributed by atoms with E-state index in [4.69, 9.17) is 19.8 Å². The van der Waals surface area contributed by atoms with Gasteiger partial charge in [0.2, 0.25) is 5.91 Å². The number of pyridine rings is 2. The molecule has 9 nitrogen and oxygen atoms in total. The quantitative estimate of drug-likeness (QED) is 0.539. The van der Waals surface area contributed by atoms with Gasteiger partial charge < -0.3 is 15.1 Å². The maximum Gasteiger partial charge on any atom is 0.490 e. The second-order valence-electron chi connectivity index (χ2n) is 8.85. The molecule has 39 heavy (non-hydrogen) atoms. The van der Waals surface area contributed by atoms with Crippen LogP contribution in [0.3, 0.4) is 0 Å². The smallest absolute Gasteiger partial charge is 0.475 e. The van der Waals surface area contributed by atoms with Gasteiger partial charge in [0.05, 0.1) is 11.1 Å². The minimum Gasteiger partial charge on any atom is -0.475 e. The van der Waals surface area contributed by atoms with Crippen molar-refractivity contribution in [3.8, 4) is 0 Å². The number of carboxylic acid groups (broad SMARTS) is 2. The molecule has 2 aliphatic heterocycles. The molecule has 2 aliphatic rings. The van der Waals surface area contributed by atoms with Gasteiger partial charge in [-0.15, -0.1) is 0 Å². The summed E-state index contributed by atoms with van der Waals surface area (Å²) in [5.74, 6) is -5.19. The lowest BCUT2D eigenvalue weighted by Crippen LogP contribution is -2.47. The van der Waals surface area contributed by atoms with Crippen molar-refractivity contribution in [2.24, 2.45) is 5.41 Å². The molecule has 15 heteroatoms. The van der Waals surface area contributed by atoms with Gasteiger partial charge >= 0.3 is 24.3 Å². The van der Waals surface area contributed by atoms with E-state index < -0.39 is 24.3 Å². The van der Waals surface area contributed by atoms with Gasteiger partial charge in [-0.05, 0) is 55.6 Å². The van der Waals surface area contributed by atoms with Crippen molar-refractivity contribution in [1.29, 1.82) is 0 Å². The Labute approximate surface area is 219 Å². The number of likely N-dealkylation sites (tertiary alicyclic amines) is 2. The fourth-order valence-electron chi connectivity index (χ4n) is 4.21. The molecule has 2 aromatic rings. The first-order valence-electron chi connectivity index (χ1n) is 11.5. The largest absolute Gasteiger partial charge is 0.490 e. The number of aromatic nitrogens is 2. The number of carbonyl (C=O) groups is 3. The van der Waals surface area contributed by atoms with Gasteiger partial charge in [-0.1, -0.05) is 6.07 Å². The summed E-state index contributed by atoms with van der Waals surface area (Å²) in [6, 6.07) is 10.0. The molecule has 4 heterocycles. The fraction of sp³-hybridized carbons (Fsp3) is 0.458. The summed E-state index contributed by atoms with van der Waals surface area (Å²) in [5, 5.41) is 14.2. The highest BCUT2D eigenvalue weighted by molar-refractivity contribution is 5.85. The molecular formula is C24H26F6N4O5. The summed E-state index contributed by atoms with van der Waals surface area (Å²) in [6.45, 7) is 4.30. The van der Waals surface area contributed by atoms with E-state index in [0.717, 1.165) is 56.7 Å². The van der Waals surface area contributed by atoms with Crippen molar-refractivity contribution in [2.75, 3.05) is 19.6 Å². The maximum absolute atomic E-state index is 13.2. The first-order valence-corrected chi connectivity index (χ1v) is 11.5. The molecular weight excluding hydrogens is 538 g/mol. The number of carboxylic acids is 2. The number of aliphatic carboxylic acids is 2. The number of carbonyl (C=O) groups excluding carboxylic acids is 1. The monoisotopic (exact) mass is 564 g/mol. The van der Waals surface area contributed by atoms with Crippen LogP contribution in [0.5, 0.6) is 0 Å². The molecule has 0 radical (unpaired) electrons. The second kappa shape index (κ2) is 13.4. The summed E-state index contributed by atoms with van der Waals surface area (Å²) < 4.78 is 63.5. The molecule has 1 atom stereocenters. The molecule has 1 spiro atoms. The predicted octanol–water partition coefficient (Wildman–Crippen LogP) is 3.76. The summed E-state index contributed by atoms with van der Waals surface area (Å²) >= 11 is 0. The molecule has 0 saturated carbocycles. The maximum atomic E-state index is 13.2. The number of alkyl halides is 6. The molecule has 0 aromatic carbocycles. The zero-order valence-corrected chi connectivity index (χ0v) is 20.5. The summed E-state index contributed by atoms with van der Waals surface area (Å²) in [6.07, 6.45) is -1.68. The van der Waals surface area contributed by atoms with Crippen molar-refractivity contribution in [3.05, 3.63) is 60.2 Å². The van der Waals surface area contributed by atoms with E-state index in [1.807, 2.05) is 35.4 Å². The number of rotatable bonds is 4. The Balaban J connectivity index is 0.000000317. The molecule has 0 bridgehead atoms. The lowest BCUT2D eigenvalue weighted by Gasteiger charge is -2.39. The fourth-order valence-corrected chi connectivity index (χ4v) is 4.21. The number of halogens is 6. The van der Waals surface area contributed by atoms with E-state index in [-0.39, 0.29) is 5.41 Å². The van der Waals surface area contributed by atoms with Crippen LogP contribution in [0.4, 0.5) is 26.3 Å². The van der Waals surface area contributed by atoms with Crippen molar-refractivity contribution >= 4 is 17.8 Å². The van der Waals surface area contributed by atoms with Crippen LogP contribution < -0.4 is 0 Å². The van der Waals surface area contributed by atoms with Crippen molar-refractivity contribution in [3.63, 3.8) is 0 Å². The van der Waals surface area contributed by atoms with Crippen molar-refractivity contribution in [1.82, 2.24) is 19.8 Å². The lowest BCUT2D eigenvalue weighted by atomic mass is 9.78. The van der Waals surface area contributed by atoms with Crippen LogP contribution in [0, 0.1) is 5.41 Å². The Hall–Kier alpha value is -3.75. The van der Waals surface area contributed by atoms with Crippen LogP contribution in [-0.4, -0.2) is 79.8 Å². The second-order valence-corrected chi connectivity index (χ2v) is 8.85. The van der Waals surface area contributed by atoms with Crippen LogP contribution in [0.15, 0.2) is 48.9 Å². The molecule has 0 aliphatic carbocycles. The Bertz CT molecular complexity index is 1080. The van der Waals surface area contributed by atoms with Crippen LogP contribution >= 0.6 is 0 Å². The van der Waals surface area contributed by atoms with E-state index in [0.29, 0.717) is 12.5 Å². The molecule has 2 fully saturated rings. The Morgan fingerprint density at radius 1 is 0.872 bits per heavy atom. The number of amides is 1. The van der Waals surface area contributed by atoms with E-state index in [1.165, 1.54) is 0 Å². The first kappa shape index (κ1) is 31.5. The van der Waals surface area contributed by atoms with Gasteiger partial charge in [0, 0.05) is 44.8 Å². The van der Waals surface area contributed by atoms with Gasteiger partial charge in [0.15, 0.2) is 0 Å². The molecule has 214 valence electrons. The molecule has 2 saturated heterocycles. The van der Waals surface area contributed by atoms with Gasteiger partial charge in [-0.3, -0.25) is 19.7 Å². The standard InChI is InChI=1S/C20H24N4O.2C2HF3O2/c25-19-20(8-13-24(19)14-17-5-10-21-11-6-17)7-3-12-23(16-20)15-18-4-1-2-9-22-18;2*3-2(4,5)1(6)7/h1-2,4-6,9-11H,3,7-8,12-16H2;2*(H,6,7). The van der Waals surface area contributed by atoms with Crippen LogP contribution in [0.2, 0.25) is 0 Å². The normalized spacial score (nSPS) is 19.5. The zero-order chi connectivity index (χ0) is 29.3. The minimum atomic E-state index is -5.08. The lowest BCUT2D eigenvalue weighted by molar-refractivity contribution is -0.193. The van der Waals surface area contributed by atoms with E-state index in [2.05, 4.69) is 20.9 Å². The third kappa shape index (κ3) is 9.81. The number of nitrogens with zero attached hydrogens (tertiary/aromatic N) is 4. The van der Waals surface area contributed by atoms with Crippen LogP contribution in [-0.2, 0) is 27.5 Å². The number of hydrogen-bond donors (Lipinski definition) is 2. The minimum absolute atomic E-state index is 0.194.